The first kappa shape index (κ1) is 13.2. The van der Waals surface area contributed by atoms with Crippen LogP contribution < -0.4 is 10.6 Å². The van der Waals surface area contributed by atoms with E-state index in [1.54, 1.807) is 30.0 Å². The molecule has 1 unspecified atom stereocenters. The molecule has 1 aromatic carbocycles. The Morgan fingerprint density at radius 2 is 2.44 bits per heavy atom. The van der Waals surface area contributed by atoms with Crippen LogP contribution in [0, 0.1) is 11.3 Å². The molecule has 1 saturated heterocycles. The number of carbonyl (C=O) groups is 1. The lowest BCUT2D eigenvalue weighted by molar-refractivity contribution is -0.117. The molecule has 2 rings (SSSR count). The van der Waals surface area contributed by atoms with Gasteiger partial charge in [0.25, 0.3) is 0 Å². The van der Waals surface area contributed by atoms with E-state index < -0.39 is 0 Å². The van der Waals surface area contributed by atoms with Gasteiger partial charge in [0.2, 0.25) is 5.91 Å². The standard InChI is InChI=1S/C12H12ClN3OS/c13-10-2-1-9(5-8(10)6-14)16-12(17)11-7-18-4-3-15-11/h1-2,5,11,15H,3-4,7H2,(H,16,17). The van der Waals surface area contributed by atoms with E-state index in [1.165, 1.54) is 0 Å². The predicted molar refractivity (Wildman–Crippen MR) is 73.9 cm³/mol. The van der Waals surface area contributed by atoms with Crippen LogP contribution in [0.25, 0.3) is 0 Å². The minimum Gasteiger partial charge on any atom is -0.325 e. The van der Waals surface area contributed by atoms with Crippen molar-refractivity contribution in [2.75, 3.05) is 23.4 Å². The molecule has 1 heterocycles. The van der Waals surface area contributed by atoms with Crippen molar-refractivity contribution in [3.05, 3.63) is 28.8 Å². The van der Waals surface area contributed by atoms with Gasteiger partial charge in [-0.3, -0.25) is 4.79 Å². The Morgan fingerprint density at radius 3 is 3.11 bits per heavy atom. The molecule has 0 saturated carbocycles. The Hall–Kier alpha value is -1.22. The van der Waals surface area contributed by atoms with E-state index in [-0.39, 0.29) is 11.9 Å². The van der Waals surface area contributed by atoms with Gasteiger partial charge in [0.05, 0.1) is 16.6 Å². The third-order valence-electron chi connectivity index (χ3n) is 2.59. The summed E-state index contributed by atoms with van der Waals surface area (Å²) in [7, 11) is 0. The van der Waals surface area contributed by atoms with Gasteiger partial charge in [-0.15, -0.1) is 0 Å². The summed E-state index contributed by atoms with van der Waals surface area (Å²) in [6, 6.07) is 6.69. The van der Waals surface area contributed by atoms with Crippen molar-refractivity contribution in [2.24, 2.45) is 0 Å². The molecule has 94 valence electrons. The highest BCUT2D eigenvalue weighted by Gasteiger charge is 2.20. The number of nitrogens with zero attached hydrogens (tertiary/aromatic N) is 1. The Balaban J connectivity index is 2.05. The lowest BCUT2D eigenvalue weighted by Crippen LogP contribution is -2.46. The van der Waals surface area contributed by atoms with Crippen molar-refractivity contribution >= 4 is 35.0 Å². The van der Waals surface area contributed by atoms with Crippen LogP contribution in [0.3, 0.4) is 0 Å². The maximum absolute atomic E-state index is 11.9. The summed E-state index contributed by atoms with van der Waals surface area (Å²) in [5.41, 5.74) is 0.957. The first-order chi connectivity index (χ1) is 8.70. The van der Waals surface area contributed by atoms with E-state index in [2.05, 4.69) is 10.6 Å². The third kappa shape index (κ3) is 3.16. The Kier molecular flexibility index (Phi) is 4.48. The van der Waals surface area contributed by atoms with Crippen LogP contribution in [0.5, 0.6) is 0 Å². The van der Waals surface area contributed by atoms with Crippen LogP contribution >= 0.6 is 23.4 Å². The van der Waals surface area contributed by atoms with Crippen LogP contribution in [-0.2, 0) is 4.79 Å². The molecular formula is C12H12ClN3OS. The molecule has 1 atom stereocenters. The van der Waals surface area contributed by atoms with Crippen LogP contribution in [0.1, 0.15) is 5.56 Å². The molecule has 0 radical (unpaired) electrons. The molecule has 2 N–H and O–H groups in total. The van der Waals surface area contributed by atoms with Gasteiger partial charge in [0.1, 0.15) is 6.07 Å². The summed E-state index contributed by atoms with van der Waals surface area (Å²) in [5, 5.41) is 15.2. The molecular weight excluding hydrogens is 270 g/mol. The highest BCUT2D eigenvalue weighted by molar-refractivity contribution is 7.99. The summed E-state index contributed by atoms with van der Waals surface area (Å²) < 4.78 is 0. The minimum atomic E-state index is -0.176. The fourth-order valence-corrected chi connectivity index (χ4v) is 2.75. The van der Waals surface area contributed by atoms with E-state index in [4.69, 9.17) is 16.9 Å². The fourth-order valence-electron chi connectivity index (χ4n) is 1.65. The molecule has 0 bridgehead atoms. The average Bonchev–Trinajstić information content (AvgIpc) is 2.42. The van der Waals surface area contributed by atoms with E-state index in [0.29, 0.717) is 16.3 Å². The number of rotatable bonds is 2. The van der Waals surface area contributed by atoms with Crippen LogP contribution in [0.15, 0.2) is 18.2 Å². The second-order valence-corrected chi connectivity index (χ2v) is 5.43. The topological polar surface area (TPSA) is 64.9 Å². The number of amides is 1. The lowest BCUT2D eigenvalue weighted by Gasteiger charge is -2.22. The number of hydrogen-bond acceptors (Lipinski definition) is 4. The Labute approximate surface area is 115 Å². The largest absolute Gasteiger partial charge is 0.325 e. The van der Waals surface area contributed by atoms with Crippen molar-refractivity contribution in [1.82, 2.24) is 5.32 Å². The minimum absolute atomic E-state index is 0.0755. The molecule has 0 aliphatic carbocycles. The predicted octanol–water partition coefficient (Wildman–Crippen LogP) is 1.86. The maximum Gasteiger partial charge on any atom is 0.242 e. The normalized spacial score (nSPS) is 19.0. The van der Waals surface area contributed by atoms with Crippen molar-refractivity contribution in [2.45, 2.75) is 6.04 Å². The monoisotopic (exact) mass is 281 g/mol. The molecule has 1 fully saturated rings. The Morgan fingerprint density at radius 1 is 1.61 bits per heavy atom. The highest BCUT2D eigenvalue weighted by Crippen LogP contribution is 2.20. The SMILES string of the molecule is N#Cc1cc(NC(=O)C2CSCCN2)ccc1Cl. The van der Waals surface area contributed by atoms with Gasteiger partial charge >= 0.3 is 0 Å². The first-order valence-electron chi connectivity index (χ1n) is 5.52. The molecule has 1 aromatic rings. The number of benzene rings is 1. The number of halogens is 1. The summed E-state index contributed by atoms with van der Waals surface area (Å²) in [5.74, 6) is 1.72. The van der Waals surface area contributed by atoms with Gasteiger partial charge in [-0.2, -0.15) is 17.0 Å². The quantitative estimate of drug-likeness (QED) is 0.868. The van der Waals surface area contributed by atoms with Crippen molar-refractivity contribution in [3.8, 4) is 6.07 Å². The van der Waals surface area contributed by atoms with Gasteiger partial charge < -0.3 is 10.6 Å². The van der Waals surface area contributed by atoms with Crippen molar-refractivity contribution < 1.29 is 4.79 Å². The lowest BCUT2D eigenvalue weighted by atomic mass is 10.2. The number of carbonyl (C=O) groups excluding carboxylic acids is 1. The molecule has 1 aliphatic rings. The molecule has 4 nitrogen and oxygen atoms in total. The zero-order valence-corrected chi connectivity index (χ0v) is 11.1. The average molecular weight is 282 g/mol. The number of thioether (sulfide) groups is 1. The van der Waals surface area contributed by atoms with Crippen LogP contribution in [0.2, 0.25) is 5.02 Å². The zero-order chi connectivity index (χ0) is 13.0. The molecule has 1 amide bonds. The highest BCUT2D eigenvalue weighted by atomic mass is 35.5. The van der Waals surface area contributed by atoms with Gasteiger partial charge in [-0.25, -0.2) is 0 Å². The van der Waals surface area contributed by atoms with Gasteiger partial charge in [-0.1, -0.05) is 11.6 Å². The molecule has 0 aromatic heterocycles. The number of nitriles is 1. The van der Waals surface area contributed by atoms with Crippen molar-refractivity contribution in [3.63, 3.8) is 0 Å². The molecule has 18 heavy (non-hydrogen) atoms. The van der Waals surface area contributed by atoms with Gasteiger partial charge in [-0.05, 0) is 18.2 Å². The maximum atomic E-state index is 11.9. The summed E-state index contributed by atoms with van der Waals surface area (Å²) in [6.45, 7) is 0.840. The van der Waals surface area contributed by atoms with E-state index in [9.17, 15) is 4.79 Å². The number of hydrogen-bond donors (Lipinski definition) is 2. The third-order valence-corrected chi connectivity index (χ3v) is 3.98. The summed E-state index contributed by atoms with van der Waals surface area (Å²) >= 11 is 7.59. The van der Waals surface area contributed by atoms with Gasteiger partial charge in [0.15, 0.2) is 0 Å². The van der Waals surface area contributed by atoms with Crippen LogP contribution in [0.4, 0.5) is 5.69 Å². The van der Waals surface area contributed by atoms with Gasteiger partial charge in [0, 0.05) is 23.7 Å². The smallest absolute Gasteiger partial charge is 0.242 e. The van der Waals surface area contributed by atoms with E-state index >= 15 is 0 Å². The molecule has 0 spiro atoms. The zero-order valence-electron chi connectivity index (χ0n) is 9.57. The number of nitrogens with one attached hydrogen (secondary N) is 2. The summed E-state index contributed by atoms with van der Waals surface area (Å²) in [4.78, 5) is 11.9. The van der Waals surface area contributed by atoms with E-state index in [1.807, 2.05) is 6.07 Å². The van der Waals surface area contributed by atoms with Crippen LogP contribution in [-0.4, -0.2) is 30.0 Å². The second-order valence-electron chi connectivity index (χ2n) is 3.88. The summed E-state index contributed by atoms with van der Waals surface area (Å²) in [6.07, 6.45) is 0. The van der Waals surface area contributed by atoms with Crippen molar-refractivity contribution in [1.29, 1.82) is 5.26 Å². The fraction of sp³-hybridized carbons (Fsp3) is 0.333. The first-order valence-corrected chi connectivity index (χ1v) is 7.05. The van der Waals surface area contributed by atoms with E-state index in [0.717, 1.165) is 18.1 Å². The Bertz CT molecular complexity index is 495. The molecule has 6 heteroatoms. The number of anilines is 1. The molecule has 1 aliphatic heterocycles. The second kappa shape index (κ2) is 6.10.